The number of hydrogen-bond donors (Lipinski definition) is 1. The summed E-state index contributed by atoms with van der Waals surface area (Å²) in [6.45, 7) is 0. The first-order valence-electron chi connectivity index (χ1n) is 6.52. The molecule has 0 spiro atoms. The van der Waals surface area contributed by atoms with Crippen molar-refractivity contribution in [3.63, 3.8) is 0 Å². The maximum atomic E-state index is 12.4. The number of halogens is 1. The van der Waals surface area contributed by atoms with Crippen LogP contribution in [0.5, 0.6) is 0 Å². The molecule has 0 amide bonds. The molecule has 3 rings (SSSR count). The van der Waals surface area contributed by atoms with E-state index >= 15 is 0 Å². The second-order valence-corrected chi connectivity index (χ2v) is 7.15. The second-order valence-electron chi connectivity index (χ2n) is 4.73. The zero-order chi connectivity index (χ0) is 16.4. The van der Waals surface area contributed by atoms with Gasteiger partial charge in [0.25, 0.3) is 5.56 Å². The summed E-state index contributed by atoms with van der Waals surface area (Å²) < 4.78 is 26.1. The van der Waals surface area contributed by atoms with Crippen molar-refractivity contribution in [3.05, 3.63) is 69.9 Å². The normalized spacial score (nSPS) is 11.5. The summed E-state index contributed by atoms with van der Waals surface area (Å²) in [5.74, 6) is -0.251. The number of benzene rings is 1. The molecule has 1 N–H and O–H groups in total. The smallest absolute Gasteiger partial charge is 0.256 e. The number of hydrogen-bond acceptors (Lipinski definition) is 5. The van der Waals surface area contributed by atoms with E-state index in [1.54, 1.807) is 24.4 Å². The Bertz CT molecular complexity index is 997. The summed E-state index contributed by atoms with van der Waals surface area (Å²) in [6, 6.07) is 7.57. The second kappa shape index (κ2) is 5.98. The summed E-state index contributed by atoms with van der Waals surface area (Å²) in [6.07, 6.45) is 4.39. The Morgan fingerprint density at radius 1 is 1.26 bits per heavy atom. The highest BCUT2D eigenvalue weighted by Crippen LogP contribution is 2.18. The fourth-order valence-electron chi connectivity index (χ4n) is 1.97. The van der Waals surface area contributed by atoms with Crippen LogP contribution < -0.4 is 5.56 Å². The van der Waals surface area contributed by atoms with Gasteiger partial charge >= 0.3 is 0 Å². The molecule has 0 aliphatic rings. The molecule has 0 bridgehead atoms. The maximum Gasteiger partial charge on any atom is 0.256 e. The molecule has 0 saturated heterocycles. The third-order valence-electron chi connectivity index (χ3n) is 3.08. The number of nitrogens with zero attached hydrogens (tertiary/aromatic N) is 3. The number of sulfone groups is 1. The Morgan fingerprint density at radius 2 is 2.09 bits per heavy atom. The monoisotopic (exact) mass is 350 g/mol. The van der Waals surface area contributed by atoms with E-state index in [0.29, 0.717) is 5.02 Å². The molecular weight excluding hydrogens is 340 g/mol. The van der Waals surface area contributed by atoms with Crippen LogP contribution in [0.3, 0.4) is 0 Å². The van der Waals surface area contributed by atoms with Gasteiger partial charge in [0, 0.05) is 23.6 Å². The lowest BCUT2D eigenvalue weighted by molar-refractivity contribution is 0.595. The Labute approximate surface area is 136 Å². The van der Waals surface area contributed by atoms with Crippen molar-refractivity contribution in [1.29, 1.82) is 0 Å². The minimum Gasteiger partial charge on any atom is -0.291 e. The van der Waals surface area contributed by atoms with E-state index in [1.165, 1.54) is 29.2 Å². The minimum atomic E-state index is -3.69. The number of nitrogens with one attached hydrogen (secondary N) is 1. The Kier molecular flexibility index (Phi) is 4.01. The van der Waals surface area contributed by atoms with E-state index in [4.69, 9.17) is 11.6 Å². The number of rotatable bonds is 4. The minimum absolute atomic E-state index is 0.0425. The van der Waals surface area contributed by atoms with Gasteiger partial charge in [-0.15, -0.1) is 0 Å². The molecule has 0 aliphatic carbocycles. The predicted octanol–water partition coefficient (Wildman–Crippen LogP) is 1.58. The fraction of sp³-hybridized carbons (Fsp3) is 0.0714. The van der Waals surface area contributed by atoms with Gasteiger partial charge in [-0.25, -0.2) is 18.1 Å². The molecule has 0 saturated carbocycles. The lowest BCUT2D eigenvalue weighted by Crippen LogP contribution is -2.20. The molecule has 0 unspecified atom stereocenters. The first kappa shape index (κ1) is 15.4. The zero-order valence-corrected chi connectivity index (χ0v) is 13.3. The van der Waals surface area contributed by atoms with Crippen molar-refractivity contribution < 1.29 is 8.42 Å². The molecule has 0 atom stereocenters. The number of aromatic amines is 1. The third kappa shape index (κ3) is 3.33. The lowest BCUT2D eigenvalue weighted by Gasteiger charge is -2.05. The maximum absolute atomic E-state index is 12.4. The van der Waals surface area contributed by atoms with E-state index in [0.717, 1.165) is 0 Å². The number of H-pyrrole nitrogens is 1. The average molecular weight is 351 g/mol. The summed E-state index contributed by atoms with van der Waals surface area (Å²) >= 11 is 5.81. The highest BCUT2D eigenvalue weighted by atomic mass is 35.5. The van der Waals surface area contributed by atoms with Crippen molar-refractivity contribution >= 4 is 21.4 Å². The molecule has 118 valence electrons. The first-order chi connectivity index (χ1) is 11.0. The average Bonchev–Trinajstić information content (AvgIpc) is 3.03. The van der Waals surface area contributed by atoms with Crippen molar-refractivity contribution in [1.82, 2.24) is 19.7 Å². The van der Waals surface area contributed by atoms with Crippen LogP contribution in [-0.2, 0) is 15.6 Å². The summed E-state index contributed by atoms with van der Waals surface area (Å²) in [4.78, 5) is 18.7. The summed E-state index contributed by atoms with van der Waals surface area (Å²) in [5.41, 5.74) is -0.489. The van der Waals surface area contributed by atoms with Crippen molar-refractivity contribution in [2.24, 2.45) is 0 Å². The lowest BCUT2D eigenvalue weighted by atomic mass is 10.4. The van der Waals surface area contributed by atoms with E-state index < -0.39 is 21.1 Å². The molecule has 1 aromatic carbocycles. The quantitative estimate of drug-likeness (QED) is 0.770. The molecule has 0 radical (unpaired) electrons. The molecule has 3 aromatic rings. The molecular formula is C14H11ClN4O3S. The van der Waals surface area contributed by atoms with Crippen molar-refractivity contribution in [3.8, 4) is 5.95 Å². The number of aromatic nitrogens is 4. The zero-order valence-electron chi connectivity index (χ0n) is 11.7. The molecule has 9 heteroatoms. The highest BCUT2D eigenvalue weighted by molar-refractivity contribution is 7.90. The van der Waals surface area contributed by atoms with Crippen LogP contribution in [-0.4, -0.2) is 28.2 Å². The van der Waals surface area contributed by atoms with E-state index in [-0.39, 0.29) is 16.4 Å². The predicted molar refractivity (Wildman–Crippen MR) is 84.3 cm³/mol. The van der Waals surface area contributed by atoms with E-state index in [2.05, 4.69) is 15.1 Å². The molecule has 2 aromatic heterocycles. The third-order valence-corrected chi connectivity index (χ3v) is 4.98. The van der Waals surface area contributed by atoms with Crippen LogP contribution in [0.4, 0.5) is 0 Å². The largest absolute Gasteiger partial charge is 0.291 e. The molecule has 0 aliphatic heterocycles. The molecule has 7 nitrogen and oxygen atoms in total. The molecule has 2 heterocycles. The van der Waals surface area contributed by atoms with E-state index in [9.17, 15) is 13.2 Å². The fourth-order valence-corrected chi connectivity index (χ4v) is 3.60. The van der Waals surface area contributed by atoms with Crippen molar-refractivity contribution in [2.45, 2.75) is 10.6 Å². The molecule has 23 heavy (non-hydrogen) atoms. The van der Waals surface area contributed by atoms with Crippen LogP contribution in [0.15, 0.2) is 58.6 Å². The molecule has 0 fully saturated rings. The van der Waals surface area contributed by atoms with Crippen LogP contribution >= 0.6 is 11.6 Å². The topological polar surface area (TPSA) is 97.7 Å². The Hall–Kier alpha value is -2.45. The van der Waals surface area contributed by atoms with Crippen molar-refractivity contribution in [2.75, 3.05) is 0 Å². The van der Waals surface area contributed by atoms with Crippen LogP contribution in [0, 0.1) is 0 Å². The van der Waals surface area contributed by atoms with Crippen LogP contribution in [0.25, 0.3) is 5.95 Å². The van der Waals surface area contributed by atoms with Gasteiger partial charge in [-0.3, -0.25) is 9.78 Å². The van der Waals surface area contributed by atoms with Gasteiger partial charge in [0.05, 0.1) is 16.2 Å². The SMILES string of the molecule is O=c1[nH]c(-n2cccn2)ncc1CS(=O)(=O)c1cccc(Cl)c1. The van der Waals surface area contributed by atoms with E-state index in [1.807, 2.05) is 0 Å². The van der Waals surface area contributed by atoms with Crippen LogP contribution in [0.1, 0.15) is 5.56 Å². The van der Waals surface area contributed by atoms with Gasteiger partial charge < -0.3 is 0 Å². The Morgan fingerprint density at radius 3 is 2.74 bits per heavy atom. The van der Waals surface area contributed by atoms with Gasteiger partial charge in [-0.1, -0.05) is 17.7 Å². The van der Waals surface area contributed by atoms with Gasteiger partial charge in [0.2, 0.25) is 5.95 Å². The van der Waals surface area contributed by atoms with Crippen LogP contribution in [0.2, 0.25) is 5.02 Å². The van der Waals surface area contributed by atoms with Gasteiger partial charge in [-0.05, 0) is 24.3 Å². The summed E-state index contributed by atoms with van der Waals surface area (Å²) in [7, 11) is -3.69. The van der Waals surface area contributed by atoms with Gasteiger partial charge in [0.1, 0.15) is 0 Å². The highest BCUT2D eigenvalue weighted by Gasteiger charge is 2.18. The summed E-state index contributed by atoms with van der Waals surface area (Å²) in [5, 5.41) is 4.25. The standard InChI is InChI=1S/C14H11ClN4O3S/c15-11-3-1-4-12(7-11)23(21,22)9-10-8-16-14(18-13(10)20)19-6-2-5-17-19/h1-8H,9H2,(H,16,18,20). The first-order valence-corrected chi connectivity index (χ1v) is 8.55. The Balaban J connectivity index is 1.93. The van der Waals surface area contributed by atoms with Gasteiger partial charge in [0.15, 0.2) is 9.84 Å². The van der Waals surface area contributed by atoms with Gasteiger partial charge in [-0.2, -0.15) is 5.10 Å².